The van der Waals surface area contributed by atoms with Crippen LogP contribution >= 0.6 is 23.2 Å². The Kier molecular flexibility index (Phi) is 2.20. The molecule has 12 heavy (non-hydrogen) atoms. The van der Waals surface area contributed by atoms with Crippen molar-refractivity contribution in [1.82, 2.24) is 10.2 Å². The van der Waals surface area contributed by atoms with E-state index in [0.29, 0.717) is 17.0 Å². The average Bonchev–Trinajstić information content (AvgIpc) is 2.88. The molecule has 1 aliphatic rings. The monoisotopic (exact) mass is 202 g/mol. The molecule has 0 radical (unpaired) electrons. The van der Waals surface area contributed by atoms with Crippen LogP contribution in [0.15, 0.2) is 6.07 Å². The third-order valence-electron chi connectivity index (χ3n) is 1.98. The molecule has 1 aromatic rings. The highest BCUT2D eigenvalue weighted by atomic mass is 35.5. The van der Waals surface area contributed by atoms with Crippen LogP contribution in [0.1, 0.15) is 30.0 Å². The Morgan fingerprint density at radius 2 is 2.17 bits per heavy atom. The molecule has 1 aliphatic carbocycles. The summed E-state index contributed by atoms with van der Waals surface area (Å²) in [5, 5.41) is 8.28. The van der Waals surface area contributed by atoms with Crippen LogP contribution in [0, 0.1) is 0 Å². The fraction of sp³-hybridized carbons (Fsp3) is 0.500. The van der Waals surface area contributed by atoms with Crippen molar-refractivity contribution in [1.29, 1.82) is 0 Å². The zero-order chi connectivity index (χ0) is 8.55. The maximum atomic E-state index is 5.76. The van der Waals surface area contributed by atoms with Gasteiger partial charge in [0, 0.05) is 11.5 Å². The van der Waals surface area contributed by atoms with Gasteiger partial charge >= 0.3 is 0 Å². The summed E-state index contributed by atoms with van der Waals surface area (Å²) in [7, 11) is 0. The van der Waals surface area contributed by atoms with E-state index in [2.05, 4.69) is 10.2 Å². The van der Waals surface area contributed by atoms with Gasteiger partial charge in [-0.2, -0.15) is 5.10 Å². The van der Waals surface area contributed by atoms with Crippen molar-refractivity contribution in [3.05, 3.63) is 22.5 Å². The van der Waals surface area contributed by atoms with Crippen LogP contribution in [0.25, 0.3) is 0 Å². The van der Waals surface area contributed by atoms with Crippen molar-refractivity contribution in [2.75, 3.05) is 0 Å². The molecule has 0 aromatic carbocycles. The lowest BCUT2D eigenvalue weighted by molar-refractivity contribution is 0.899. The molecule has 0 amide bonds. The van der Waals surface area contributed by atoms with Crippen molar-refractivity contribution in [2.24, 2.45) is 0 Å². The zero-order valence-corrected chi connectivity index (χ0v) is 7.94. The van der Waals surface area contributed by atoms with E-state index in [9.17, 15) is 0 Å². The quantitative estimate of drug-likeness (QED) is 0.690. The summed E-state index contributed by atoms with van der Waals surface area (Å²) in [5.41, 5.74) is 1.92. The van der Waals surface area contributed by atoms with Gasteiger partial charge in [0.05, 0.1) is 11.6 Å². The lowest BCUT2D eigenvalue weighted by Crippen LogP contribution is -1.94. The Balaban J connectivity index is 2.33. The average molecular weight is 203 g/mol. The predicted octanol–water partition coefficient (Wildman–Crippen LogP) is 2.75. The van der Waals surface area contributed by atoms with Crippen molar-refractivity contribution < 1.29 is 0 Å². The second kappa shape index (κ2) is 3.19. The van der Waals surface area contributed by atoms with E-state index < -0.39 is 0 Å². The molecule has 0 saturated heterocycles. The maximum absolute atomic E-state index is 5.76. The van der Waals surface area contributed by atoms with Gasteiger partial charge < -0.3 is 0 Å². The van der Waals surface area contributed by atoms with Gasteiger partial charge in [-0.3, -0.25) is 0 Å². The second-order valence-electron chi connectivity index (χ2n) is 2.99. The molecule has 1 heterocycles. The highest BCUT2D eigenvalue weighted by molar-refractivity contribution is 6.31. The minimum absolute atomic E-state index is 0.411. The van der Waals surface area contributed by atoms with Crippen molar-refractivity contribution in [3.8, 4) is 0 Å². The van der Waals surface area contributed by atoms with Gasteiger partial charge in [-0.15, -0.1) is 16.7 Å². The molecule has 0 atom stereocenters. The Labute approximate surface area is 80.9 Å². The minimum atomic E-state index is 0.411. The molecular weight excluding hydrogens is 195 g/mol. The maximum Gasteiger partial charge on any atom is 0.156 e. The topological polar surface area (TPSA) is 25.8 Å². The van der Waals surface area contributed by atoms with E-state index in [-0.39, 0.29) is 0 Å². The van der Waals surface area contributed by atoms with Gasteiger partial charge in [-0.1, -0.05) is 11.6 Å². The van der Waals surface area contributed by atoms with Crippen LogP contribution < -0.4 is 0 Å². The highest BCUT2D eigenvalue weighted by Crippen LogP contribution is 2.39. The van der Waals surface area contributed by atoms with Crippen LogP contribution in [0.4, 0.5) is 0 Å². The molecule has 2 nitrogen and oxygen atoms in total. The number of nitrogens with zero attached hydrogens (tertiary/aromatic N) is 2. The van der Waals surface area contributed by atoms with Gasteiger partial charge in [-0.05, 0) is 18.9 Å². The Bertz CT molecular complexity index is 297. The van der Waals surface area contributed by atoms with Gasteiger partial charge in [0.25, 0.3) is 0 Å². The highest BCUT2D eigenvalue weighted by Gasteiger charge is 2.25. The molecule has 0 unspecified atom stereocenters. The summed E-state index contributed by atoms with van der Waals surface area (Å²) in [6, 6.07) is 1.96. The first-order valence-corrected chi connectivity index (χ1v) is 4.80. The number of hydrogen-bond donors (Lipinski definition) is 0. The first-order valence-electron chi connectivity index (χ1n) is 3.89. The summed E-state index contributed by atoms with van der Waals surface area (Å²) >= 11 is 11.4. The number of aromatic nitrogens is 2. The molecule has 1 aromatic heterocycles. The molecule has 1 saturated carbocycles. The lowest BCUT2D eigenvalue weighted by atomic mass is 10.2. The molecule has 2 rings (SSSR count). The van der Waals surface area contributed by atoms with Gasteiger partial charge in [-0.25, -0.2) is 0 Å². The van der Waals surface area contributed by atoms with Crippen LogP contribution in [0.2, 0.25) is 5.15 Å². The van der Waals surface area contributed by atoms with E-state index in [1.54, 1.807) is 0 Å². The van der Waals surface area contributed by atoms with Crippen LogP contribution in [-0.2, 0) is 5.88 Å². The first-order chi connectivity index (χ1) is 5.81. The van der Waals surface area contributed by atoms with Crippen LogP contribution in [-0.4, -0.2) is 10.2 Å². The molecule has 4 heteroatoms. The number of halogens is 2. The first kappa shape index (κ1) is 8.27. The molecule has 0 bridgehead atoms. The normalized spacial score (nSPS) is 16.5. The van der Waals surface area contributed by atoms with E-state index in [0.717, 1.165) is 11.3 Å². The predicted molar refractivity (Wildman–Crippen MR) is 48.6 cm³/mol. The van der Waals surface area contributed by atoms with E-state index in [4.69, 9.17) is 23.2 Å². The summed E-state index contributed by atoms with van der Waals surface area (Å²) in [6.45, 7) is 0. The summed E-state index contributed by atoms with van der Waals surface area (Å²) in [6.07, 6.45) is 2.44. The molecule has 64 valence electrons. The van der Waals surface area contributed by atoms with Gasteiger partial charge in [0.15, 0.2) is 5.15 Å². The summed E-state index contributed by atoms with van der Waals surface area (Å²) < 4.78 is 0. The second-order valence-corrected chi connectivity index (χ2v) is 3.62. The van der Waals surface area contributed by atoms with Crippen LogP contribution in [0.5, 0.6) is 0 Å². The van der Waals surface area contributed by atoms with Crippen molar-refractivity contribution >= 4 is 23.2 Å². The summed E-state index contributed by atoms with van der Waals surface area (Å²) in [5.74, 6) is 1.02. The van der Waals surface area contributed by atoms with E-state index in [1.165, 1.54) is 12.8 Å². The van der Waals surface area contributed by atoms with E-state index in [1.807, 2.05) is 6.07 Å². The molecule has 0 N–H and O–H groups in total. The van der Waals surface area contributed by atoms with Gasteiger partial charge in [0.2, 0.25) is 0 Å². The zero-order valence-electron chi connectivity index (χ0n) is 6.43. The van der Waals surface area contributed by atoms with Crippen LogP contribution in [0.3, 0.4) is 0 Å². The number of rotatable bonds is 2. The number of hydrogen-bond acceptors (Lipinski definition) is 2. The van der Waals surface area contributed by atoms with Gasteiger partial charge in [0.1, 0.15) is 0 Å². The lowest BCUT2D eigenvalue weighted by Gasteiger charge is -2.00. The summed E-state index contributed by atoms with van der Waals surface area (Å²) in [4.78, 5) is 0. The molecule has 0 aliphatic heterocycles. The molecule has 0 spiro atoms. The largest absolute Gasteiger partial charge is 0.156 e. The Morgan fingerprint density at radius 1 is 1.42 bits per heavy atom. The minimum Gasteiger partial charge on any atom is -0.154 e. The standard InChI is InChI=1S/C8H8Cl2N2/c9-4-6-3-7(5-1-2-5)11-12-8(6)10/h3,5H,1-2,4H2. The smallest absolute Gasteiger partial charge is 0.154 e. The molecule has 1 fully saturated rings. The SMILES string of the molecule is ClCc1cc(C2CC2)nnc1Cl. The van der Waals surface area contributed by atoms with Crippen molar-refractivity contribution in [2.45, 2.75) is 24.6 Å². The third-order valence-corrected chi connectivity index (χ3v) is 2.59. The fourth-order valence-corrected chi connectivity index (χ4v) is 1.54. The number of alkyl halides is 1. The third kappa shape index (κ3) is 1.54. The fourth-order valence-electron chi connectivity index (χ4n) is 1.11. The van der Waals surface area contributed by atoms with Crippen molar-refractivity contribution in [3.63, 3.8) is 0 Å². The van der Waals surface area contributed by atoms with E-state index >= 15 is 0 Å². The Morgan fingerprint density at radius 3 is 2.75 bits per heavy atom. The molecular formula is C8H8Cl2N2. The Hall–Kier alpha value is -0.340.